The number of carbonyl (C=O) groups is 2. The Morgan fingerprint density at radius 1 is 1.25 bits per heavy atom. The number of methoxy groups -OCH3 is 1. The highest BCUT2D eigenvalue weighted by Crippen LogP contribution is 2.24. The fraction of sp³-hybridized carbons (Fsp3) is 0.467. The number of aryl methyl sites for hydroxylation is 1. The zero-order valence-corrected chi connectivity index (χ0v) is 12.3. The van der Waals surface area contributed by atoms with E-state index < -0.39 is 0 Å². The van der Waals surface area contributed by atoms with Gasteiger partial charge in [0.25, 0.3) is 0 Å². The predicted molar refractivity (Wildman–Crippen MR) is 78.9 cm³/mol. The normalized spacial score (nSPS) is 9.95. The van der Waals surface area contributed by atoms with E-state index >= 15 is 0 Å². The van der Waals surface area contributed by atoms with Gasteiger partial charge < -0.3 is 15.4 Å². The van der Waals surface area contributed by atoms with Crippen LogP contribution in [-0.2, 0) is 9.59 Å². The van der Waals surface area contributed by atoms with E-state index in [1.165, 1.54) is 0 Å². The quantitative estimate of drug-likeness (QED) is 0.804. The summed E-state index contributed by atoms with van der Waals surface area (Å²) >= 11 is 0. The van der Waals surface area contributed by atoms with Gasteiger partial charge in [0, 0.05) is 6.42 Å². The average Bonchev–Trinajstić information content (AvgIpc) is 2.43. The van der Waals surface area contributed by atoms with Gasteiger partial charge >= 0.3 is 0 Å². The van der Waals surface area contributed by atoms with E-state index in [0.717, 1.165) is 18.4 Å². The number of amides is 2. The van der Waals surface area contributed by atoms with Gasteiger partial charge in [0.15, 0.2) is 0 Å². The van der Waals surface area contributed by atoms with E-state index in [1.807, 2.05) is 26.0 Å². The van der Waals surface area contributed by atoms with Crippen molar-refractivity contribution in [3.05, 3.63) is 23.8 Å². The van der Waals surface area contributed by atoms with Crippen LogP contribution in [0.25, 0.3) is 0 Å². The molecule has 5 heteroatoms. The molecular formula is C15H22N2O3. The third-order valence-electron chi connectivity index (χ3n) is 2.83. The first-order chi connectivity index (χ1) is 9.56. The second-order valence-corrected chi connectivity index (χ2v) is 4.63. The van der Waals surface area contributed by atoms with Gasteiger partial charge in [-0.05, 0) is 31.0 Å². The van der Waals surface area contributed by atoms with Crippen molar-refractivity contribution >= 4 is 17.5 Å². The van der Waals surface area contributed by atoms with E-state index in [1.54, 1.807) is 13.2 Å². The third-order valence-corrected chi connectivity index (χ3v) is 2.83. The van der Waals surface area contributed by atoms with Gasteiger partial charge in [-0.3, -0.25) is 9.59 Å². The zero-order valence-electron chi connectivity index (χ0n) is 12.3. The lowest BCUT2D eigenvalue weighted by Gasteiger charge is -2.11. The molecule has 0 aromatic heterocycles. The molecule has 2 amide bonds. The number of anilines is 1. The summed E-state index contributed by atoms with van der Waals surface area (Å²) in [5, 5.41) is 5.33. The molecule has 0 saturated heterocycles. The number of hydrogen-bond donors (Lipinski definition) is 2. The maximum atomic E-state index is 11.8. The van der Waals surface area contributed by atoms with Crippen LogP contribution in [0.5, 0.6) is 5.75 Å². The topological polar surface area (TPSA) is 67.4 Å². The minimum atomic E-state index is -0.265. The summed E-state index contributed by atoms with van der Waals surface area (Å²) in [7, 11) is 1.55. The standard InChI is InChI=1S/C15H22N2O3/c1-4-5-6-14(18)16-10-15(19)17-12-9-11(2)7-8-13(12)20-3/h7-9H,4-6,10H2,1-3H3,(H,16,18)(H,17,19). The van der Waals surface area contributed by atoms with Crippen LogP contribution in [0.4, 0.5) is 5.69 Å². The first-order valence-corrected chi connectivity index (χ1v) is 6.78. The highest BCUT2D eigenvalue weighted by atomic mass is 16.5. The molecule has 0 aliphatic carbocycles. The van der Waals surface area contributed by atoms with Gasteiger partial charge in [0.1, 0.15) is 5.75 Å². The predicted octanol–water partition coefficient (Wildman–Crippen LogP) is 2.25. The molecule has 1 aromatic carbocycles. The summed E-state index contributed by atoms with van der Waals surface area (Å²) in [5.41, 5.74) is 1.63. The number of ether oxygens (including phenoxy) is 1. The highest BCUT2D eigenvalue weighted by molar-refractivity contribution is 5.95. The van der Waals surface area contributed by atoms with E-state index in [-0.39, 0.29) is 18.4 Å². The van der Waals surface area contributed by atoms with Crippen LogP contribution >= 0.6 is 0 Å². The fourth-order valence-corrected chi connectivity index (χ4v) is 1.72. The largest absolute Gasteiger partial charge is 0.495 e. The monoisotopic (exact) mass is 278 g/mol. The van der Waals surface area contributed by atoms with Crippen molar-refractivity contribution in [1.29, 1.82) is 0 Å². The maximum absolute atomic E-state index is 11.8. The van der Waals surface area contributed by atoms with Crippen LogP contribution < -0.4 is 15.4 Å². The van der Waals surface area contributed by atoms with E-state index in [2.05, 4.69) is 10.6 Å². The zero-order chi connectivity index (χ0) is 15.0. The molecule has 20 heavy (non-hydrogen) atoms. The maximum Gasteiger partial charge on any atom is 0.243 e. The molecule has 0 spiro atoms. The van der Waals surface area contributed by atoms with Crippen LogP contribution in [0.1, 0.15) is 31.7 Å². The molecular weight excluding hydrogens is 256 g/mol. The molecule has 2 N–H and O–H groups in total. The Bertz CT molecular complexity index is 472. The molecule has 0 saturated carbocycles. The van der Waals surface area contributed by atoms with Crippen LogP contribution in [0, 0.1) is 6.92 Å². The van der Waals surface area contributed by atoms with Crippen LogP contribution in [0.3, 0.4) is 0 Å². The second kappa shape index (κ2) is 8.19. The Morgan fingerprint density at radius 2 is 2.00 bits per heavy atom. The van der Waals surface area contributed by atoms with Crippen molar-refractivity contribution < 1.29 is 14.3 Å². The summed E-state index contributed by atoms with van der Waals surface area (Å²) in [5.74, 6) is 0.234. The molecule has 110 valence electrons. The summed E-state index contributed by atoms with van der Waals surface area (Å²) in [6.07, 6.45) is 2.25. The third kappa shape index (κ3) is 5.30. The van der Waals surface area contributed by atoms with Gasteiger partial charge in [-0.15, -0.1) is 0 Å². The number of nitrogens with one attached hydrogen (secondary N) is 2. The molecule has 0 radical (unpaired) electrons. The van der Waals surface area contributed by atoms with Crippen molar-refractivity contribution in [3.8, 4) is 5.75 Å². The first kappa shape index (κ1) is 16.0. The van der Waals surface area contributed by atoms with E-state index in [4.69, 9.17) is 4.74 Å². The van der Waals surface area contributed by atoms with Crippen molar-refractivity contribution in [3.63, 3.8) is 0 Å². The minimum Gasteiger partial charge on any atom is -0.495 e. The van der Waals surface area contributed by atoms with Crippen LogP contribution in [0.2, 0.25) is 0 Å². The second-order valence-electron chi connectivity index (χ2n) is 4.63. The fourth-order valence-electron chi connectivity index (χ4n) is 1.72. The van der Waals surface area contributed by atoms with Crippen molar-refractivity contribution in [1.82, 2.24) is 5.32 Å². The van der Waals surface area contributed by atoms with Crippen LogP contribution in [0.15, 0.2) is 18.2 Å². The lowest BCUT2D eigenvalue weighted by molar-refractivity contribution is -0.124. The molecule has 0 bridgehead atoms. The summed E-state index contributed by atoms with van der Waals surface area (Å²) in [6, 6.07) is 5.53. The van der Waals surface area contributed by atoms with Gasteiger partial charge in [0.05, 0.1) is 19.3 Å². The van der Waals surface area contributed by atoms with E-state index in [0.29, 0.717) is 17.9 Å². The molecule has 0 aliphatic heterocycles. The molecule has 1 aromatic rings. The van der Waals surface area contributed by atoms with Crippen molar-refractivity contribution in [2.45, 2.75) is 33.1 Å². The van der Waals surface area contributed by atoms with Crippen LogP contribution in [-0.4, -0.2) is 25.5 Å². The van der Waals surface area contributed by atoms with Gasteiger partial charge in [0.2, 0.25) is 11.8 Å². The summed E-state index contributed by atoms with van der Waals surface area (Å²) < 4.78 is 5.18. The molecule has 0 aliphatic rings. The number of benzene rings is 1. The first-order valence-electron chi connectivity index (χ1n) is 6.78. The Hall–Kier alpha value is -2.04. The Balaban J connectivity index is 2.50. The summed E-state index contributed by atoms with van der Waals surface area (Å²) in [4.78, 5) is 23.2. The van der Waals surface area contributed by atoms with Gasteiger partial charge in [-0.1, -0.05) is 19.4 Å². The Labute approximate surface area is 119 Å². The number of hydrogen-bond acceptors (Lipinski definition) is 3. The summed E-state index contributed by atoms with van der Waals surface area (Å²) in [6.45, 7) is 3.92. The Kier molecular flexibility index (Phi) is 6.56. The SMILES string of the molecule is CCCCC(=O)NCC(=O)Nc1cc(C)ccc1OC. The molecule has 0 atom stereocenters. The lowest BCUT2D eigenvalue weighted by atomic mass is 10.2. The average molecular weight is 278 g/mol. The smallest absolute Gasteiger partial charge is 0.243 e. The Morgan fingerprint density at radius 3 is 2.65 bits per heavy atom. The van der Waals surface area contributed by atoms with Crippen molar-refractivity contribution in [2.24, 2.45) is 0 Å². The van der Waals surface area contributed by atoms with Gasteiger partial charge in [-0.2, -0.15) is 0 Å². The molecule has 5 nitrogen and oxygen atoms in total. The number of unbranched alkanes of at least 4 members (excludes halogenated alkanes) is 1. The lowest BCUT2D eigenvalue weighted by Crippen LogP contribution is -2.32. The van der Waals surface area contributed by atoms with E-state index in [9.17, 15) is 9.59 Å². The van der Waals surface area contributed by atoms with Crippen molar-refractivity contribution in [2.75, 3.05) is 19.0 Å². The molecule has 0 fully saturated rings. The minimum absolute atomic E-state index is 0.0281. The highest BCUT2D eigenvalue weighted by Gasteiger charge is 2.09. The number of carbonyl (C=O) groups excluding carboxylic acids is 2. The molecule has 0 heterocycles. The molecule has 1 rings (SSSR count). The number of rotatable bonds is 7. The molecule has 0 unspecified atom stereocenters. The van der Waals surface area contributed by atoms with Gasteiger partial charge in [-0.25, -0.2) is 0 Å².